The number of hydrogen-bond acceptors (Lipinski definition) is 4. The summed E-state index contributed by atoms with van der Waals surface area (Å²) in [5, 5.41) is 3.21. The summed E-state index contributed by atoms with van der Waals surface area (Å²) in [6.45, 7) is 2.86. The number of rotatable bonds is 8. The number of nitrogens with one attached hydrogen (secondary N) is 1. The van der Waals surface area contributed by atoms with Gasteiger partial charge in [-0.25, -0.2) is 0 Å². The monoisotopic (exact) mass is 370 g/mol. The Morgan fingerprint density at radius 2 is 1.76 bits per heavy atom. The molecule has 0 aliphatic carbocycles. The molecule has 6 heteroatoms. The van der Waals surface area contributed by atoms with Crippen molar-refractivity contribution in [3.63, 3.8) is 0 Å². The molecule has 0 aromatic heterocycles. The molecule has 1 fully saturated rings. The average molecular weight is 371 g/mol. The lowest BCUT2D eigenvalue weighted by Crippen LogP contribution is -2.39. The van der Waals surface area contributed by atoms with Gasteiger partial charge in [0.2, 0.25) is 5.91 Å². The molecule has 0 atom stereocenters. The molecule has 5 nitrogen and oxygen atoms in total. The predicted molar refractivity (Wildman–Crippen MR) is 103 cm³/mol. The van der Waals surface area contributed by atoms with Gasteiger partial charge in [0.25, 0.3) is 0 Å². The highest BCUT2D eigenvalue weighted by Gasteiger charge is 2.22. The molecule has 0 saturated carbocycles. The topological polar surface area (TPSA) is 50.8 Å². The molecule has 1 aromatic rings. The van der Waals surface area contributed by atoms with E-state index in [1.54, 1.807) is 14.2 Å². The average Bonchev–Trinajstić information content (AvgIpc) is 2.64. The minimum Gasteiger partial charge on any atom is -0.497 e. The molecule has 142 valence electrons. The van der Waals surface area contributed by atoms with Crippen molar-refractivity contribution in [1.29, 1.82) is 0 Å². The first-order chi connectivity index (χ1) is 11.7. The minimum absolute atomic E-state index is 0. The first kappa shape index (κ1) is 21.6. The van der Waals surface area contributed by atoms with Crippen LogP contribution in [0.25, 0.3) is 0 Å². The van der Waals surface area contributed by atoms with E-state index < -0.39 is 0 Å². The van der Waals surface area contributed by atoms with Gasteiger partial charge in [-0.05, 0) is 62.9 Å². The number of amides is 1. The molecule has 1 N–H and O–H groups in total. The Morgan fingerprint density at radius 1 is 1.16 bits per heavy atom. The third-order valence-electron chi connectivity index (χ3n) is 4.81. The Bertz CT molecular complexity index is 509. The third kappa shape index (κ3) is 6.75. The SMILES string of the molecule is CNCCC1CCN(C(=O)CCc2cc(OC)cc(OC)c2)CC1.Cl. The van der Waals surface area contributed by atoms with E-state index in [4.69, 9.17) is 9.47 Å². The number of carbonyl (C=O) groups is 1. The van der Waals surface area contributed by atoms with E-state index in [2.05, 4.69) is 5.32 Å². The number of piperidine rings is 1. The summed E-state index contributed by atoms with van der Waals surface area (Å²) < 4.78 is 10.6. The van der Waals surface area contributed by atoms with Gasteiger partial charge in [-0.2, -0.15) is 0 Å². The van der Waals surface area contributed by atoms with Crippen molar-refractivity contribution in [2.75, 3.05) is 40.9 Å². The van der Waals surface area contributed by atoms with Crippen LogP contribution in [0.5, 0.6) is 11.5 Å². The second-order valence-electron chi connectivity index (χ2n) is 6.44. The molecule has 25 heavy (non-hydrogen) atoms. The molecule has 0 radical (unpaired) electrons. The van der Waals surface area contributed by atoms with E-state index in [1.165, 1.54) is 6.42 Å². The fourth-order valence-electron chi connectivity index (χ4n) is 3.24. The van der Waals surface area contributed by atoms with E-state index in [0.717, 1.165) is 55.5 Å². The van der Waals surface area contributed by atoms with Crippen molar-refractivity contribution in [2.24, 2.45) is 5.92 Å². The number of carbonyl (C=O) groups excluding carboxylic acids is 1. The van der Waals surface area contributed by atoms with Crippen LogP contribution in [-0.4, -0.2) is 51.7 Å². The molecule has 0 bridgehead atoms. The minimum atomic E-state index is 0. The number of benzene rings is 1. The highest BCUT2D eigenvalue weighted by atomic mass is 35.5. The second-order valence-corrected chi connectivity index (χ2v) is 6.44. The van der Waals surface area contributed by atoms with Gasteiger partial charge in [0, 0.05) is 25.6 Å². The normalized spacial score (nSPS) is 14.8. The number of aryl methyl sites for hydroxylation is 1. The van der Waals surface area contributed by atoms with Gasteiger partial charge >= 0.3 is 0 Å². The van der Waals surface area contributed by atoms with Crippen LogP contribution in [0.4, 0.5) is 0 Å². The van der Waals surface area contributed by atoms with Crippen LogP contribution in [0.1, 0.15) is 31.2 Å². The highest BCUT2D eigenvalue weighted by molar-refractivity contribution is 5.85. The summed E-state index contributed by atoms with van der Waals surface area (Å²) in [4.78, 5) is 14.5. The Balaban J connectivity index is 0.00000312. The fourth-order valence-corrected chi connectivity index (χ4v) is 3.24. The van der Waals surface area contributed by atoms with E-state index in [1.807, 2.05) is 30.1 Å². The fraction of sp³-hybridized carbons (Fsp3) is 0.632. The van der Waals surface area contributed by atoms with Crippen LogP contribution in [0.3, 0.4) is 0 Å². The molecule has 1 aliphatic rings. The molecular formula is C19H31ClN2O3. The maximum absolute atomic E-state index is 12.5. The van der Waals surface area contributed by atoms with Gasteiger partial charge in [-0.3, -0.25) is 4.79 Å². The van der Waals surface area contributed by atoms with Gasteiger partial charge in [0.05, 0.1) is 14.2 Å². The van der Waals surface area contributed by atoms with Gasteiger partial charge in [0.15, 0.2) is 0 Å². The molecule has 1 aliphatic heterocycles. The van der Waals surface area contributed by atoms with Crippen molar-refractivity contribution in [3.05, 3.63) is 23.8 Å². The number of methoxy groups -OCH3 is 2. The van der Waals surface area contributed by atoms with Crippen LogP contribution in [0.15, 0.2) is 18.2 Å². The lowest BCUT2D eigenvalue weighted by Gasteiger charge is -2.32. The first-order valence-electron chi connectivity index (χ1n) is 8.80. The largest absolute Gasteiger partial charge is 0.497 e. The zero-order valence-corrected chi connectivity index (χ0v) is 16.4. The Labute approximate surface area is 157 Å². The van der Waals surface area contributed by atoms with Crippen LogP contribution in [-0.2, 0) is 11.2 Å². The van der Waals surface area contributed by atoms with E-state index >= 15 is 0 Å². The van der Waals surface area contributed by atoms with Crippen molar-refractivity contribution in [1.82, 2.24) is 10.2 Å². The van der Waals surface area contributed by atoms with Crippen LogP contribution in [0.2, 0.25) is 0 Å². The number of halogens is 1. The number of nitrogens with zero attached hydrogens (tertiary/aromatic N) is 1. The van der Waals surface area contributed by atoms with Crippen molar-refractivity contribution < 1.29 is 14.3 Å². The molecule has 1 amide bonds. The van der Waals surface area contributed by atoms with Gasteiger partial charge in [-0.1, -0.05) is 0 Å². The molecule has 2 rings (SSSR count). The zero-order chi connectivity index (χ0) is 17.4. The summed E-state index contributed by atoms with van der Waals surface area (Å²) in [5.41, 5.74) is 1.07. The van der Waals surface area contributed by atoms with E-state index in [9.17, 15) is 4.79 Å². The highest BCUT2D eigenvalue weighted by Crippen LogP contribution is 2.24. The Morgan fingerprint density at radius 3 is 2.28 bits per heavy atom. The van der Waals surface area contributed by atoms with Crippen LogP contribution in [0, 0.1) is 5.92 Å². The summed E-state index contributed by atoms with van der Waals surface area (Å²) in [6, 6.07) is 5.79. The molecule has 1 aromatic carbocycles. The summed E-state index contributed by atoms with van der Waals surface area (Å²) in [7, 11) is 5.27. The maximum Gasteiger partial charge on any atom is 0.222 e. The summed E-state index contributed by atoms with van der Waals surface area (Å²) in [5.74, 6) is 2.54. The molecule has 0 spiro atoms. The third-order valence-corrected chi connectivity index (χ3v) is 4.81. The van der Waals surface area contributed by atoms with Crippen molar-refractivity contribution in [2.45, 2.75) is 32.1 Å². The van der Waals surface area contributed by atoms with E-state index in [-0.39, 0.29) is 18.3 Å². The van der Waals surface area contributed by atoms with Gasteiger partial charge in [-0.15, -0.1) is 12.4 Å². The molecule has 1 heterocycles. The maximum atomic E-state index is 12.5. The second kappa shape index (κ2) is 11.2. The number of ether oxygens (including phenoxy) is 2. The van der Waals surface area contributed by atoms with Gasteiger partial charge < -0.3 is 19.7 Å². The standard InChI is InChI=1S/C19H30N2O3.ClH/c1-20-9-6-15-7-10-21(11-8-15)19(22)5-4-16-12-17(23-2)14-18(13-16)24-3;/h12-15,20H,4-11H2,1-3H3;1H. The quantitative estimate of drug-likeness (QED) is 0.764. The Kier molecular flexibility index (Phi) is 9.68. The molecular weight excluding hydrogens is 340 g/mol. The molecule has 1 saturated heterocycles. The van der Waals surface area contributed by atoms with Crippen molar-refractivity contribution >= 4 is 18.3 Å². The lowest BCUT2D eigenvalue weighted by molar-refractivity contribution is -0.132. The van der Waals surface area contributed by atoms with Gasteiger partial charge in [0.1, 0.15) is 11.5 Å². The first-order valence-corrected chi connectivity index (χ1v) is 8.80. The van der Waals surface area contributed by atoms with Crippen molar-refractivity contribution in [3.8, 4) is 11.5 Å². The smallest absolute Gasteiger partial charge is 0.222 e. The Hall–Kier alpha value is -1.46. The number of likely N-dealkylation sites (tertiary alicyclic amines) is 1. The molecule has 0 unspecified atom stereocenters. The number of hydrogen-bond donors (Lipinski definition) is 1. The van der Waals surface area contributed by atoms with Crippen LogP contribution < -0.4 is 14.8 Å². The summed E-state index contributed by atoms with van der Waals surface area (Å²) >= 11 is 0. The van der Waals surface area contributed by atoms with E-state index in [0.29, 0.717) is 12.8 Å². The summed E-state index contributed by atoms with van der Waals surface area (Å²) in [6.07, 6.45) is 4.71. The zero-order valence-electron chi connectivity index (χ0n) is 15.5. The van der Waals surface area contributed by atoms with Crippen LogP contribution >= 0.6 is 12.4 Å². The lowest BCUT2D eigenvalue weighted by atomic mass is 9.93. The predicted octanol–water partition coefficient (Wildman–Crippen LogP) is 2.91.